The van der Waals surface area contributed by atoms with Crippen molar-refractivity contribution in [2.24, 2.45) is 5.73 Å². The normalized spacial score (nSPS) is 17.2. The van der Waals surface area contributed by atoms with Crippen LogP contribution in [0.1, 0.15) is 32.1 Å². The Kier molecular flexibility index (Phi) is 5.56. The number of carbonyl (C=O) groups excluding carboxylic acids is 1. The van der Waals surface area contributed by atoms with Crippen LogP contribution in [0.15, 0.2) is 0 Å². The Hall–Kier alpha value is -0.610. The third-order valence-electron chi connectivity index (χ3n) is 2.31. The number of hydrogen-bond donors (Lipinski definition) is 1. The predicted octanol–water partition coefficient (Wildman–Crippen LogP) is 0.838. The molecule has 1 saturated carbocycles. The van der Waals surface area contributed by atoms with E-state index in [-0.39, 0.29) is 18.7 Å². The fraction of sp³-hybridized carbons (Fsp3) is 0.900. The first-order valence-electron chi connectivity index (χ1n) is 5.30. The van der Waals surface area contributed by atoms with Gasteiger partial charge in [-0.05, 0) is 38.6 Å². The number of ether oxygens (including phenoxy) is 2. The lowest BCUT2D eigenvalue weighted by atomic mass is 10.3. The summed E-state index contributed by atoms with van der Waals surface area (Å²) in [6, 6.07) is 0. The summed E-state index contributed by atoms with van der Waals surface area (Å²) >= 11 is 0. The molecule has 0 aromatic carbocycles. The van der Waals surface area contributed by atoms with Gasteiger partial charge in [0.2, 0.25) is 0 Å². The van der Waals surface area contributed by atoms with E-state index in [0.717, 1.165) is 19.3 Å². The van der Waals surface area contributed by atoms with E-state index in [1.165, 1.54) is 12.8 Å². The molecule has 0 aliphatic heterocycles. The van der Waals surface area contributed by atoms with Crippen molar-refractivity contribution in [3.05, 3.63) is 0 Å². The van der Waals surface area contributed by atoms with Crippen molar-refractivity contribution in [3.63, 3.8) is 0 Å². The Balaban J connectivity index is 1.98. The van der Waals surface area contributed by atoms with Crippen molar-refractivity contribution < 1.29 is 14.3 Å². The lowest BCUT2D eigenvalue weighted by Gasteiger charge is -2.11. The van der Waals surface area contributed by atoms with Gasteiger partial charge in [0.15, 0.2) is 0 Å². The van der Waals surface area contributed by atoms with Crippen LogP contribution in [0.4, 0.5) is 0 Å². The molecular formula is C10H19NO3. The highest BCUT2D eigenvalue weighted by molar-refractivity contribution is 5.70. The quantitative estimate of drug-likeness (QED) is 0.511. The third kappa shape index (κ3) is 4.58. The van der Waals surface area contributed by atoms with Crippen molar-refractivity contribution in [3.8, 4) is 0 Å². The van der Waals surface area contributed by atoms with Crippen molar-refractivity contribution in [2.75, 3.05) is 19.8 Å². The summed E-state index contributed by atoms with van der Waals surface area (Å²) in [5.41, 5.74) is 5.28. The van der Waals surface area contributed by atoms with Crippen LogP contribution in [0.25, 0.3) is 0 Å². The van der Waals surface area contributed by atoms with E-state index in [2.05, 4.69) is 0 Å². The van der Waals surface area contributed by atoms with Crippen molar-refractivity contribution in [1.29, 1.82) is 0 Å². The van der Waals surface area contributed by atoms with E-state index in [0.29, 0.717) is 13.2 Å². The number of hydrogen-bond acceptors (Lipinski definition) is 4. The minimum absolute atomic E-state index is 0.0660. The van der Waals surface area contributed by atoms with E-state index in [9.17, 15) is 4.79 Å². The topological polar surface area (TPSA) is 61.5 Å². The zero-order valence-electron chi connectivity index (χ0n) is 8.54. The molecule has 1 aliphatic carbocycles. The lowest BCUT2D eigenvalue weighted by Crippen LogP contribution is -2.19. The van der Waals surface area contributed by atoms with Crippen LogP contribution in [0, 0.1) is 0 Å². The second-order valence-electron chi connectivity index (χ2n) is 3.59. The Bertz CT molecular complexity index is 167. The van der Waals surface area contributed by atoms with Gasteiger partial charge in [0.25, 0.3) is 0 Å². The zero-order valence-corrected chi connectivity index (χ0v) is 8.54. The fourth-order valence-corrected chi connectivity index (χ4v) is 1.57. The lowest BCUT2D eigenvalue weighted by molar-refractivity contribution is -0.154. The van der Waals surface area contributed by atoms with Gasteiger partial charge in [-0.3, -0.25) is 0 Å². The minimum atomic E-state index is -0.242. The maximum Gasteiger partial charge on any atom is 0.332 e. The van der Waals surface area contributed by atoms with Gasteiger partial charge in [0, 0.05) is 6.61 Å². The summed E-state index contributed by atoms with van der Waals surface area (Å²) in [4.78, 5) is 11.2. The van der Waals surface area contributed by atoms with Gasteiger partial charge >= 0.3 is 5.97 Å². The molecule has 82 valence electrons. The molecule has 1 rings (SSSR count). The van der Waals surface area contributed by atoms with Crippen LogP contribution < -0.4 is 5.73 Å². The summed E-state index contributed by atoms with van der Waals surface area (Å²) in [7, 11) is 0. The van der Waals surface area contributed by atoms with Gasteiger partial charge in [-0.2, -0.15) is 0 Å². The second-order valence-corrected chi connectivity index (χ2v) is 3.59. The first kappa shape index (κ1) is 11.5. The molecule has 1 fully saturated rings. The Morgan fingerprint density at radius 2 is 2.07 bits per heavy atom. The van der Waals surface area contributed by atoms with E-state index in [4.69, 9.17) is 15.2 Å². The summed E-state index contributed by atoms with van der Waals surface area (Å²) in [6.07, 6.45) is 5.29. The zero-order chi connectivity index (χ0) is 10.2. The molecule has 0 aromatic heterocycles. The Labute approximate surface area is 84.7 Å². The molecule has 1 aliphatic rings. The van der Waals surface area contributed by atoms with Gasteiger partial charge in [0.1, 0.15) is 12.7 Å². The van der Waals surface area contributed by atoms with Crippen LogP contribution in [0.5, 0.6) is 0 Å². The predicted molar refractivity (Wildman–Crippen MR) is 52.8 cm³/mol. The molecule has 0 radical (unpaired) electrons. The first-order valence-corrected chi connectivity index (χ1v) is 5.30. The maximum absolute atomic E-state index is 11.2. The standard InChI is InChI=1S/C10H19NO3/c11-6-3-7-13-8-10(12)14-9-4-1-2-5-9/h9H,1-8,11H2. The smallest absolute Gasteiger partial charge is 0.332 e. The first-order chi connectivity index (χ1) is 6.83. The van der Waals surface area contributed by atoms with Crippen LogP contribution >= 0.6 is 0 Å². The van der Waals surface area contributed by atoms with Crippen LogP contribution in [0.3, 0.4) is 0 Å². The van der Waals surface area contributed by atoms with Gasteiger partial charge in [-0.25, -0.2) is 4.79 Å². The molecule has 4 nitrogen and oxygen atoms in total. The fourth-order valence-electron chi connectivity index (χ4n) is 1.57. The summed E-state index contributed by atoms with van der Waals surface area (Å²) in [5.74, 6) is -0.242. The second kappa shape index (κ2) is 6.79. The average Bonchev–Trinajstić information content (AvgIpc) is 2.65. The SMILES string of the molecule is NCCCOCC(=O)OC1CCCC1. The monoisotopic (exact) mass is 201 g/mol. The van der Waals surface area contributed by atoms with Gasteiger partial charge in [-0.15, -0.1) is 0 Å². The molecule has 14 heavy (non-hydrogen) atoms. The molecule has 0 spiro atoms. The minimum Gasteiger partial charge on any atom is -0.461 e. The molecule has 0 aromatic rings. The highest BCUT2D eigenvalue weighted by Gasteiger charge is 2.18. The number of rotatable bonds is 6. The molecule has 0 atom stereocenters. The Morgan fingerprint density at radius 3 is 2.71 bits per heavy atom. The van der Waals surface area contributed by atoms with Crippen molar-refractivity contribution in [2.45, 2.75) is 38.2 Å². The van der Waals surface area contributed by atoms with E-state index in [1.807, 2.05) is 0 Å². The van der Waals surface area contributed by atoms with Gasteiger partial charge in [0.05, 0.1) is 0 Å². The molecular weight excluding hydrogens is 182 g/mol. The summed E-state index contributed by atoms with van der Waals surface area (Å²) < 4.78 is 10.3. The highest BCUT2D eigenvalue weighted by atomic mass is 16.6. The summed E-state index contributed by atoms with van der Waals surface area (Å²) in [6.45, 7) is 1.20. The Morgan fingerprint density at radius 1 is 1.36 bits per heavy atom. The van der Waals surface area contributed by atoms with Gasteiger partial charge in [-0.1, -0.05) is 0 Å². The van der Waals surface area contributed by atoms with E-state index < -0.39 is 0 Å². The summed E-state index contributed by atoms with van der Waals surface area (Å²) in [5, 5.41) is 0. The van der Waals surface area contributed by atoms with Crippen molar-refractivity contribution >= 4 is 5.97 Å². The number of carbonyl (C=O) groups is 1. The number of esters is 1. The average molecular weight is 201 g/mol. The van der Waals surface area contributed by atoms with Gasteiger partial charge < -0.3 is 15.2 Å². The molecule has 2 N–H and O–H groups in total. The molecule has 0 saturated heterocycles. The highest BCUT2D eigenvalue weighted by Crippen LogP contribution is 2.20. The van der Waals surface area contributed by atoms with E-state index >= 15 is 0 Å². The molecule has 0 amide bonds. The van der Waals surface area contributed by atoms with Crippen LogP contribution in [-0.2, 0) is 14.3 Å². The number of nitrogens with two attached hydrogens (primary N) is 1. The molecule has 0 heterocycles. The maximum atomic E-state index is 11.2. The molecule has 0 unspecified atom stereocenters. The molecule has 4 heteroatoms. The third-order valence-corrected chi connectivity index (χ3v) is 2.31. The molecule has 0 bridgehead atoms. The van der Waals surface area contributed by atoms with Crippen LogP contribution in [0.2, 0.25) is 0 Å². The van der Waals surface area contributed by atoms with E-state index in [1.54, 1.807) is 0 Å². The van der Waals surface area contributed by atoms with Crippen molar-refractivity contribution in [1.82, 2.24) is 0 Å². The largest absolute Gasteiger partial charge is 0.461 e. The van der Waals surface area contributed by atoms with Crippen LogP contribution in [-0.4, -0.2) is 31.8 Å².